The number of rotatable bonds is 8. The summed E-state index contributed by atoms with van der Waals surface area (Å²) in [4.78, 5) is 38.3. The molecule has 3 aromatic rings. The molecule has 2 aromatic carbocycles. The maximum Gasteiger partial charge on any atom is 0.341 e. The topological polar surface area (TPSA) is 93.7 Å². The van der Waals surface area contributed by atoms with Crippen molar-refractivity contribution in [1.82, 2.24) is 5.32 Å². The van der Waals surface area contributed by atoms with E-state index in [1.165, 1.54) is 18.4 Å². The number of nitrogens with one attached hydrogen (secondary N) is 2. The quantitative estimate of drug-likeness (QED) is 0.492. The van der Waals surface area contributed by atoms with E-state index in [9.17, 15) is 14.4 Å². The summed E-state index contributed by atoms with van der Waals surface area (Å²) in [5, 5.41) is 6.14. The minimum atomic E-state index is -0.445. The highest BCUT2D eigenvalue weighted by Gasteiger charge is 2.28. The van der Waals surface area contributed by atoms with Crippen molar-refractivity contribution in [3.63, 3.8) is 0 Å². The molecule has 1 aromatic heterocycles. The lowest BCUT2D eigenvalue weighted by Gasteiger charge is -2.10. The van der Waals surface area contributed by atoms with Crippen LogP contribution in [0.25, 0.3) is 0 Å². The van der Waals surface area contributed by atoms with Gasteiger partial charge in [0.1, 0.15) is 10.8 Å². The van der Waals surface area contributed by atoms with E-state index in [0.29, 0.717) is 28.4 Å². The normalized spacial score (nSPS) is 12.0. The molecule has 8 heteroatoms. The van der Waals surface area contributed by atoms with Gasteiger partial charge in [0.25, 0.3) is 11.8 Å². The first-order valence-electron chi connectivity index (χ1n) is 10.6. The second-order valence-electron chi connectivity index (χ2n) is 7.59. The van der Waals surface area contributed by atoms with Gasteiger partial charge >= 0.3 is 5.97 Å². The number of ether oxygens (including phenoxy) is 2. The Labute approximate surface area is 195 Å². The molecular formula is C25H24N2O5S. The van der Waals surface area contributed by atoms with Crippen molar-refractivity contribution in [1.29, 1.82) is 0 Å². The molecule has 170 valence electrons. The van der Waals surface area contributed by atoms with Crippen molar-refractivity contribution in [2.75, 3.05) is 19.0 Å². The van der Waals surface area contributed by atoms with Crippen molar-refractivity contribution < 1.29 is 23.9 Å². The number of anilines is 1. The number of fused-ring (bicyclic) bond motifs is 1. The van der Waals surface area contributed by atoms with E-state index in [-0.39, 0.29) is 18.4 Å². The summed E-state index contributed by atoms with van der Waals surface area (Å²) in [5.41, 5.74) is 2.85. The van der Waals surface area contributed by atoms with Crippen LogP contribution in [-0.2, 0) is 28.9 Å². The predicted molar refractivity (Wildman–Crippen MR) is 126 cm³/mol. The van der Waals surface area contributed by atoms with Crippen molar-refractivity contribution in [3.8, 4) is 5.75 Å². The van der Waals surface area contributed by atoms with Crippen LogP contribution >= 0.6 is 11.3 Å². The van der Waals surface area contributed by atoms with E-state index in [0.717, 1.165) is 35.3 Å². The second-order valence-corrected chi connectivity index (χ2v) is 8.69. The van der Waals surface area contributed by atoms with Gasteiger partial charge in [0, 0.05) is 17.0 Å². The Balaban J connectivity index is 1.35. The van der Waals surface area contributed by atoms with Gasteiger partial charge in [-0.25, -0.2) is 4.79 Å². The van der Waals surface area contributed by atoms with Crippen LogP contribution in [0.4, 0.5) is 5.00 Å². The summed E-state index contributed by atoms with van der Waals surface area (Å²) in [6, 6.07) is 16.3. The largest absolute Gasteiger partial charge is 0.484 e. The third-order valence-corrected chi connectivity index (χ3v) is 6.53. The number of hydrogen-bond donors (Lipinski definition) is 2. The van der Waals surface area contributed by atoms with Crippen molar-refractivity contribution in [2.45, 2.75) is 25.8 Å². The number of benzene rings is 2. The molecule has 0 saturated heterocycles. The molecule has 4 rings (SSSR count). The van der Waals surface area contributed by atoms with Gasteiger partial charge in [-0.1, -0.05) is 36.4 Å². The highest BCUT2D eigenvalue weighted by atomic mass is 32.1. The highest BCUT2D eigenvalue weighted by molar-refractivity contribution is 7.17. The first-order chi connectivity index (χ1) is 16.0. The minimum Gasteiger partial charge on any atom is -0.484 e. The maximum absolute atomic E-state index is 12.5. The van der Waals surface area contributed by atoms with Crippen molar-refractivity contribution in [3.05, 3.63) is 81.7 Å². The number of esters is 1. The summed E-state index contributed by atoms with van der Waals surface area (Å²) in [5.74, 6) is -0.664. The average molecular weight is 465 g/mol. The van der Waals surface area contributed by atoms with Gasteiger partial charge in [-0.05, 0) is 48.6 Å². The molecule has 0 spiro atoms. The Morgan fingerprint density at radius 3 is 2.64 bits per heavy atom. The van der Waals surface area contributed by atoms with Crippen LogP contribution in [0, 0.1) is 0 Å². The monoisotopic (exact) mass is 464 g/mol. The molecule has 0 fully saturated rings. The third kappa shape index (κ3) is 5.40. The summed E-state index contributed by atoms with van der Waals surface area (Å²) in [6.07, 6.45) is 2.70. The molecule has 0 atom stereocenters. The van der Waals surface area contributed by atoms with Crippen molar-refractivity contribution >= 4 is 34.1 Å². The molecule has 0 unspecified atom stereocenters. The van der Waals surface area contributed by atoms with E-state index in [2.05, 4.69) is 10.6 Å². The van der Waals surface area contributed by atoms with E-state index in [1.807, 2.05) is 30.3 Å². The first kappa shape index (κ1) is 22.5. The third-order valence-electron chi connectivity index (χ3n) is 5.33. The molecule has 0 bridgehead atoms. The van der Waals surface area contributed by atoms with Gasteiger partial charge in [0.2, 0.25) is 0 Å². The molecule has 0 saturated carbocycles. The van der Waals surface area contributed by atoms with Gasteiger partial charge in [-0.3, -0.25) is 9.59 Å². The molecule has 1 aliphatic carbocycles. The van der Waals surface area contributed by atoms with Crippen LogP contribution in [-0.4, -0.2) is 31.5 Å². The predicted octanol–water partition coefficient (Wildman–Crippen LogP) is 3.97. The molecular weight excluding hydrogens is 440 g/mol. The number of amides is 2. The lowest BCUT2D eigenvalue weighted by molar-refractivity contribution is -0.118. The van der Waals surface area contributed by atoms with Gasteiger partial charge in [0.05, 0.1) is 12.7 Å². The fourth-order valence-corrected chi connectivity index (χ4v) is 5.02. The number of carbonyl (C=O) groups excluding carboxylic acids is 3. The number of hydrogen-bond acceptors (Lipinski definition) is 6. The smallest absolute Gasteiger partial charge is 0.341 e. The fraction of sp³-hybridized carbons (Fsp3) is 0.240. The van der Waals surface area contributed by atoms with Gasteiger partial charge in [-0.2, -0.15) is 0 Å². The minimum absolute atomic E-state index is 0.232. The van der Waals surface area contributed by atoms with Crippen LogP contribution < -0.4 is 15.4 Å². The second kappa shape index (κ2) is 10.3. The Morgan fingerprint density at radius 2 is 1.85 bits per heavy atom. The molecule has 7 nitrogen and oxygen atoms in total. The zero-order valence-electron chi connectivity index (χ0n) is 18.2. The first-order valence-corrected chi connectivity index (χ1v) is 11.4. The van der Waals surface area contributed by atoms with E-state index in [1.54, 1.807) is 24.3 Å². The van der Waals surface area contributed by atoms with Crippen LogP contribution in [0.5, 0.6) is 5.75 Å². The molecule has 1 aliphatic rings. The molecule has 33 heavy (non-hydrogen) atoms. The zero-order chi connectivity index (χ0) is 23.2. The van der Waals surface area contributed by atoms with Gasteiger partial charge < -0.3 is 20.1 Å². The molecule has 2 amide bonds. The number of aryl methyl sites for hydroxylation is 1. The summed E-state index contributed by atoms with van der Waals surface area (Å²) >= 11 is 1.41. The number of carbonyl (C=O) groups is 3. The standard InChI is InChI=1S/C25H24N2O5S/c1-31-25(30)22-19-11-6-12-20(19)33-24(22)27-21(28)15-32-18-10-5-9-17(13-18)23(29)26-14-16-7-3-2-4-8-16/h2-5,7-10,13H,6,11-12,14-15H2,1H3,(H,26,29)(H,27,28). The van der Waals surface area contributed by atoms with Crippen molar-refractivity contribution in [2.24, 2.45) is 0 Å². The highest BCUT2D eigenvalue weighted by Crippen LogP contribution is 2.39. The van der Waals surface area contributed by atoms with Crippen LogP contribution in [0.15, 0.2) is 54.6 Å². The van der Waals surface area contributed by atoms with E-state index < -0.39 is 5.97 Å². The molecule has 2 N–H and O–H groups in total. The molecule has 0 radical (unpaired) electrons. The van der Waals surface area contributed by atoms with E-state index in [4.69, 9.17) is 9.47 Å². The fourth-order valence-electron chi connectivity index (χ4n) is 3.73. The summed E-state index contributed by atoms with van der Waals surface area (Å²) in [6.45, 7) is 0.165. The summed E-state index contributed by atoms with van der Waals surface area (Å²) in [7, 11) is 1.33. The molecule has 1 heterocycles. The lowest BCUT2D eigenvalue weighted by atomic mass is 10.1. The Kier molecular flexibility index (Phi) is 7.04. The summed E-state index contributed by atoms with van der Waals surface area (Å²) < 4.78 is 10.5. The van der Waals surface area contributed by atoms with Gasteiger partial charge in [-0.15, -0.1) is 11.3 Å². The average Bonchev–Trinajstić information content (AvgIpc) is 3.42. The molecule has 0 aliphatic heterocycles. The van der Waals surface area contributed by atoms with E-state index >= 15 is 0 Å². The SMILES string of the molecule is COC(=O)c1c(NC(=O)COc2cccc(C(=O)NCc3ccccc3)c2)sc2c1CCC2. The zero-order valence-corrected chi connectivity index (χ0v) is 19.0. The lowest BCUT2D eigenvalue weighted by Crippen LogP contribution is -2.23. The number of thiophene rings is 1. The maximum atomic E-state index is 12.5. The van der Waals surface area contributed by atoms with Crippen LogP contribution in [0.1, 0.15) is 43.1 Å². The Bertz CT molecular complexity index is 1170. The van der Waals surface area contributed by atoms with Crippen LogP contribution in [0.2, 0.25) is 0 Å². The Hall–Kier alpha value is -3.65. The number of methoxy groups -OCH3 is 1. The van der Waals surface area contributed by atoms with Crippen LogP contribution in [0.3, 0.4) is 0 Å². The Morgan fingerprint density at radius 1 is 1.03 bits per heavy atom. The van der Waals surface area contributed by atoms with Gasteiger partial charge in [0.15, 0.2) is 6.61 Å².